The van der Waals surface area contributed by atoms with Crippen molar-refractivity contribution in [2.24, 2.45) is 0 Å². The first kappa shape index (κ1) is 13.3. The summed E-state index contributed by atoms with van der Waals surface area (Å²) in [6, 6.07) is 10.5. The maximum atomic E-state index is 13.4. The molecule has 98 valence electrons. The number of nitro groups is 1. The minimum atomic E-state index is -0.929. The molecule has 0 saturated heterocycles. The Bertz CT molecular complexity index is 619. The van der Waals surface area contributed by atoms with E-state index >= 15 is 0 Å². The zero-order valence-corrected chi connectivity index (χ0v) is 10.4. The van der Waals surface area contributed by atoms with Gasteiger partial charge in [-0.05, 0) is 12.1 Å². The molecule has 19 heavy (non-hydrogen) atoms. The first-order chi connectivity index (χ1) is 9.08. The van der Waals surface area contributed by atoms with E-state index in [0.717, 1.165) is 17.7 Å². The van der Waals surface area contributed by atoms with Crippen LogP contribution in [-0.4, -0.2) is 4.92 Å². The number of nitrogens with zero attached hydrogens (tertiary/aromatic N) is 1. The smallest absolute Gasteiger partial charge is 0.305 e. The topological polar surface area (TPSA) is 52.4 Å². The van der Waals surface area contributed by atoms with Crippen molar-refractivity contribution in [2.75, 3.05) is 0 Å². The van der Waals surface area contributed by atoms with E-state index in [4.69, 9.17) is 16.3 Å². The van der Waals surface area contributed by atoms with E-state index in [1.807, 2.05) is 0 Å². The summed E-state index contributed by atoms with van der Waals surface area (Å²) in [6.07, 6.45) is 0. The fraction of sp³-hybridized carbons (Fsp3) is 0.0769. The minimum absolute atomic E-state index is 0.164. The van der Waals surface area contributed by atoms with Gasteiger partial charge in [0.2, 0.25) is 5.82 Å². The van der Waals surface area contributed by atoms with Crippen molar-refractivity contribution in [1.82, 2.24) is 0 Å². The maximum absolute atomic E-state index is 13.4. The Morgan fingerprint density at radius 3 is 2.63 bits per heavy atom. The largest absolute Gasteiger partial charge is 0.489 e. The molecule has 0 bridgehead atoms. The molecular formula is C13H9ClFNO3. The minimum Gasteiger partial charge on any atom is -0.489 e. The van der Waals surface area contributed by atoms with E-state index in [2.05, 4.69) is 0 Å². The molecule has 0 aliphatic carbocycles. The van der Waals surface area contributed by atoms with E-state index in [1.165, 1.54) is 6.07 Å². The molecule has 0 heterocycles. The van der Waals surface area contributed by atoms with Crippen LogP contribution >= 0.6 is 11.6 Å². The van der Waals surface area contributed by atoms with Crippen molar-refractivity contribution in [3.63, 3.8) is 0 Å². The maximum Gasteiger partial charge on any atom is 0.305 e. The zero-order chi connectivity index (χ0) is 13.8. The second kappa shape index (κ2) is 5.67. The first-order valence-electron chi connectivity index (χ1n) is 5.38. The molecule has 0 atom stereocenters. The van der Waals surface area contributed by atoms with Gasteiger partial charge in [0.05, 0.1) is 4.92 Å². The molecule has 2 aromatic rings. The van der Waals surface area contributed by atoms with Crippen molar-refractivity contribution >= 4 is 17.3 Å². The second-order valence-electron chi connectivity index (χ2n) is 3.75. The van der Waals surface area contributed by atoms with Crippen LogP contribution in [0.4, 0.5) is 10.1 Å². The Morgan fingerprint density at radius 1 is 1.26 bits per heavy atom. The van der Waals surface area contributed by atoms with Gasteiger partial charge in [0, 0.05) is 22.7 Å². The number of rotatable bonds is 4. The van der Waals surface area contributed by atoms with Gasteiger partial charge < -0.3 is 4.74 Å². The van der Waals surface area contributed by atoms with Crippen LogP contribution < -0.4 is 4.74 Å². The molecule has 0 unspecified atom stereocenters. The lowest BCUT2D eigenvalue weighted by Crippen LogP contribution is -1.98. The highest BCUT2D eigenvalue weighted by atomic mass is 35.5. The van der Waals surface area contributed by atoms with Crippen LogP contribution in [0.2, 0.25) is 5.02 Å². The van der Waals surface area contributed by atoms with Crippen LogP contribution in [0, 0.1) is 15.9 Å². The number of hydrogen-bond acceptors (Lipinski definition) is 3. The van der Waals surface area contributed by atoms with Gasteiger partial charge in [0.15, 0.2) is 0 Å². The van der Waals surface area contributed by atoms with Crippen molar-refractivity contribution in [3.8, 4) is 5.75 Å². The summed E-state index contributed by atoms with van der Waals surface area (Å²) in [4.78, 5) is 9.68. The number of hydrogen-bond donors (Lipinski definition) is 0. The van der Waals surface area contributed by atoms with Crippen molar-refractivity contribution < 1.29 is 14.1 Å². The monoisotopic (exact) mass is 281 g/mol. The van der Waals surface area contributed by atoms with Gasteiger partial charge in [-0.15, -0.1) is 0 Å². The predicted molar refractivity (Wildman–Crippen MR) is 68.8 cm³/mol. The zero-order valence-electron chi connectivity index (χ0n) is 9.68. The second-order valence-corrected chi connectivity index (χ2v) is 4.16. The van der Waals surface area contributed by atoms with Gasteiger partial charge >= 0.3 is 5.69 Å². The third-order valence-electron chi connectivity index (χ3n) is 2.47. The molecule has 2 aromatic carbocycles. The van der Waals surface area contributed by atoms with Crippen LogP contribution in [0.1, 0.15) is 5.56 Å². The molecule has 0 amide bonds. The molecule has 0 spiro atoms. The SMILES string of the molecule is O=[N+]([O-])c1ccc(OCc2ccccc2Cl)cc1F. The van der Waals surface area contributed by atoms with Crippen LogP contribution in [0.5, 0.6) is 5.75 Å². The van der Waals surface area contributed by atoms with Gasteiger partial charge in [-0.2, -0.15) is 4.39 Å². The average Bonchev–Trinajstić information content (AvgIpc) is 2.37. The van der Waals surface area contributed by atoms with Gasteiger partial charge in [0.25, 0.3) is 0 Å². The number of nitro benzene ring substituents is 1. The van der Waals surface area contributed by atoms with E-state index in [1.54, 1.807) is 24.3 Å². The van der Waals surface area contributed by atoms with E-state index in [9.17, 15) is 14.5 Å². The number of benzene rings is 2. The normalized spacial score (nSPS) is 10.2. The van der Waals surface area contributed by atoms with E-state index in [-0.39, 0.29) is 12.4 Å². The molecule has 0 saturated carbocycles. The van der Waals surface area contributed by atoms with Gasteiger partial charge in [-0.25, -0.2) is 0 Å². The summed E-state index contributed by atoms with van der Waals surface area (Å²) >= 11 is 5.95. The fourth-order valence-corrected chi connectivity index (χ4v) is 1.69. The molecular weight excluding hydrogens is 273 g/mol. The molecule has 0 radical (unpaired) electrons. The summed E-state index contributed by atoms with van der Waals surface area (Å²) < 4.78 is 18.7. The molecule has 2 rings (SSSR count). The lowest BCUT2D eigenvalue weighted by Gasteiger charge is -2.07. The van der Waals surface area contributed by atoms with Crippen LogP contribution in [0.15, 0.2) is 42.5 Å². The summed E-state index contributed by atoms with van der Waals surface area (Å²) in [5.41, 5.74) is 0.174. The molecule has 0 aliphatic heterocycles. The van der Waals surface area contributed by atoms with E-state index in [0.29, 0.717) is 5.02 Å². The number of ether oxygens (including phenoxy) is 1. The standard InChI is InChI=1S/C13H9ClFNO3/c14-11-4-2-1-3-9(11)8-19-10-5-6-13(16(17)18)12(15)7-10/h1-7H,8H2. The highest BCUT2D eigenvalue weighted by molar-refractivity contribution is 6.31. The lowest BCUT2D eigenvalue weighted by molar-refractivity contribution is -0.387. The summed E-state index contributed by atoms with van der Waals surface area (Å²) in [5, 5.41) is 11.0. The third-order valence-corrected chi connectivity index (χ3v) is 2.84. The Balaban J connectivity index is 2.11. The summed E-state index contributed by atoms with van der Waals surface area (Å²) in [5.74, 6) is -0.718. The quantitative estimate of drug-likeness (QED) is 0.629. The van der Waals surface area contributed by atoms with Crippen LogP contribution in [0.25, 0.3) is 0 Å². The summed E-state index contributed by atoms with van der Waals surface area (Å²) in [7, 11) is 0. The molecule has 6 heteroatoms. The molecule has 0 N–H and O–H groups in total. The van der Waals surface area contributed by atoms with Gasteiger partial charge in [0.1, 0.15) is 12.4 Å². The van der Waals surface area contributed by atoms with Gasteiger partial charge in [-0.3, -0.25) is 10.1 Å². The Morgan fingerprint density at radius 2 is 2.00 bits per heavy atom. The molecule has 4 nitrogen and oxygen atoms in total. The highest BCUT2D eigenvalue weighted by Crippen LogP contribution is 2.24. The van der Waals surface area contributed by atoms with Crippen molar-refractivity contribution in [1.29, 1.82) is 0 Å². The van der Waals surface area contributed by atoms with Crippen molar-refractivity contribution in [2.45, 2.75) is 6.61 Å². The van der Waals surface area contributed by atoms with E-state index < -0.39 is 16.4 Å². The Hall–Kier alpha value is -2.14. The van der Waals surface area contributed by atoms with Crippen LogP contribution in [0.3, 0.4) is 0 Å². The molecule has 0 fully saturated rings. The molecule has 0 aliphatic rings. The van der Waals surface area contributed by atoms with Crippen LogP contribution in [-0.2, 0) is 6.61 Å². The summed E-state index contributed by atoms with van der Waals surface area (Å²) in [6.45, 7) is 0.164. The number of halogens is 2. The first-order valence-corrected chi connectivity index (χ1v) is 5.76. The predicted octanol–water partition coefficient (Wildman–Crippen LogP) is 3.97. The highest BCUT2D eigenvalue weighted by Gasteiger charge is 2.14. The van der Waals surface area contributed by atoms with Crippen molar-refractivity contribution in [3.05, 3.63) is 69.0 Å². The lowest BCUT2D eigenvalue weighted by atomic mass is 10.2. The molecule has 0 aromatic heterocycles. The fourth-order valence-electron chi connectivity index (χ4n) is 1.50. The third kappa shape index (κ3) is 3.20. The average molecular weight is 282 g/mol. The Labute approximate surface area is 113 Å². The Kier molecular flexibility index (Phi) is 3.97. The van der Waals surface area contributed by atoms with Gasteiger partial charge in [-0.1, -0.05) is 29.8 Å².